The van der Waals surface area contributed by atoms with E-state index in [0.717, 1.165) is 37.7 Å². The third-order valence-electron chi connectivity index (χ3n) is 9.50. The van der Waals surface area contributed by atoms with E-state index in [1.807, 2.05) is 54.6 Å². The quantitative estimate of drug-likeness (QED) is 0.220. The van der Waals surface area contributed by atoms with Crippen LogP contribution in [0.3, 0.4) is 0 Å². The number of nitrogens with one attached hydrogen (secondary N) is 1. The van der Waals surface area contributed by atoms with Crippen LogP contribution in [0.1, 0.15) is 76.3 Å². The molecule has 4 aliphatic heterocycles. The third-order valence-corrected chi connectivity index (χ3v) is 9.50. The van der Waals surface area contributed by atoms with Crippen LogP contribution < -0.4 is 5.32 Å². The summed E-state index contributed by atoms with van der Waals surface area (Å²) in [6, 6.07) is 7.82. The predicted octanol–water partition coefficient (Wildman–Crippen LogP) is 3.46. The van der Waals surface area contributed by atoms with Crippen LogP contribution in [0.15, 0.2) is 54.6 Å². The van der Waals surface area contributed by atoms with Crippen molar-refractivity contribution in [2.45, 2.75) is 88.5 Å². The van der Waals surface area contributed by atoms with Gasteiger partial charge in [0.25, 0.3) is 0 Å². The van der Waals surface area contributed by atoms with Crippen molar-refractivity contribution >= 4 is 23.7 Å². The fourth-order valence-corrected chi connectivity index (χ4v) is 7.20. The van der Waals surface area contributed by atoms with Gasteiger partial charge in [-0.25, -0.2) is 0 Å². The van der Waals surface area contributed by atoms with Crippen LogP contribution in [-0.4, -0.2) is 89.2 Å². The van der Waals surface area contributed by atoms with Crippen molar-refractivity contribution in [1.82, 2.24) is 15.1 Å². The number of cyclic esters (lactones) is 1. The van der Waals surface area contributed by atoms with E-state index >= 15 is 0 Å². The van der Waals surface area contributed by atoms with Crippen molar-refractivity contribution in [2.24, 2.45) is 11.8 Å². The van der Waals surface area contributed by atoms with Crippen molar-refractivity contribution in [3.8, 4) is 0 Å². The van der Waals surface area contributed by atoms with E-state index in [2.05, 4.69) is 12.2 Å². The van der Waals surface area contributed by atoms with Gasteiger partial charge in [-0.05, 0) is 31.2 Å². The number of carbonyl (C=O) groups excluding carboxylic acids is 4. The molecule has 0 aliphatic carbocycles. The molecule has 1 aromatic carbocycles. The number of amides is 3. The molecule has 5 rings (SSSR count). The molecule has 1 aromatic rings. The molecule has 45 heavy (non-hydrogen) atoms. The highest BCUT2D eigenvalue weighted by atomic mass is 16.5. The summed E-state index contributed by atoms with van der Waals surface area (Å²) in [4.78, 5) is 59.1. The Morgan fingerprint density at radius 1 is 0.956 bits per heavy atom. The van der Waals surface area contributed by atoms with Crippen LogP contribution in [0.25, 0.3) is 0 Å². The summed E-state index contributed by atoms with van der Waals surface area (Å²) < 4.78 is 12.2. The second-order valence-corrected chi connectivity index (χ2v) is 12.5. The van der Waals surface area contributed by atoms with Crippen LogP contribution >= 0.6 is 0 Å². The maximum atomic E-state index is 14.6. The minimum absolute atomic E-state index is 0.0393. The number of hydrogen-bond donors (Lipinski definition) is 2. The number of ether oxygens (including phenoxy) is 2. The first kappa shape index (κ1) is 32.9. The predicted molar refractivity (Wildman–Crippen MR) is 168 cm³/mol. The lowest BCUT2D eigenvalue weighted by molar-refractivity contribution is -0.148. The maximum absolute atomic E-state index is 14.6. The number of aliphatic hydroxyl groups excluding tert-OH is 1. The molecule has 2 fully saturated rings. The van der Waals surface area contributed by atoms with Crippen LogP contribution in [0, 0.1) is 11.8 Å². The Morgan fingerprint density at radius 3 is 2.51 bits per heavy atom. The Labute approximate surface area is 265 Å². The molecule has 0 radical (unpaired) electrons. The summed E-state index contributed by atoms with van der Waals surface area (Å²) in [5.74, 6) is -2.83. The monoisotopic (exact) mass is 621 g/mol. The van der Waals surface area contributed by atoms with Crippen molar-refractivity contribution < 1.29 is 33.8 Å². The lowest BCUT2D eigenvalue weighted by atomic mass is 9.74. The van der Waals surface area contributed by atoms with E-state index in [9.17, 15) is 24.3 Å². The lowest BCUT2D eigenvalue weighted by Gasteiger charge is -2.36. The number of likely N-dealkylation sites (tertiary alicyclic amines) is 1. The Hall–Kier alpha value is -3.50. The summed E-state index contributed by atoms with van der Waals surface area (Å²) in [7, 11) is 0. The number of aliphatic hydroxyl groups is 1. The van der Waals surface area contributed by atoms with E-state index in [1.54, 1.807) is 9.80 Å². The molecular weight excluding hydrogens is 574 g/mol. The van der Waals surface area contributed by atoms with Gasteiger partial charge in [-0.15, -0.1) is 0 Å². The van der Waals surface area contributed by atoms with E-state index in [-0.39, 0.29) is 43.3 Å². The third kappa shape index (κ3) is 7.02. The maximum Gasteiger partial charge on any atom is 0.306 e. The van der Waals surface area contributed by atoms with Gasteiger partial charge in [-0.1, -0.05) is 87.2 Å². The fraction of sp³-hybridized carbons (Fsp3) is 0.600. The number of esters is 1. The normalized spacial score (nSPS) is 30.8. The first-order valence-corrected chi connectivity index (χ1v) is 16.6. The van der Waals surface area contributed by atoms with Crippen LogP contribution in [0.4, 0.5) is 0 Å². The summed E-state index contributed by atoms with van der Waals surface area (Å²) in [5.41, 5.74) is -0.453. The summed E-state index contributed by atoms with van der Waals surface area (Å²) in [5, 5.41) is 12.3. The van der Waals surface area contributed by atoms with Gasteiger partial charge in [0.05, 0.1) is 24.0 Å². The highest BCUT2D eigenvalue weighted by Gasteiger charge is 2.73. The van der Waals surface area contributed by atoms with E-state index in [1.165, 1.54) is 0 Å². The molecule has 3 amide bonds. The van der Waals surface area contributed by atoms with E-state index in [4.69, 9.17) is 9.47 Å². The zero-order valence-electron chi connectivity index (χ0n) is 26.3. The smallest absolute Gasteiger partial charge is 0.306 e. The number of carbonyl (C=O) groups is 4. The van der Waals surface area contributed by atoms with Gasteiger partial charge in [0.15, 0.2) is 0 Å². The number of rotatable bonds is 11. The van der Waals surface area contributed by atoms with Gasteiger partial charge in [-0.2, -0.15) is 0 Å². The van der Waals surface area contributed by atoms with Crippen molar-refractivity contribution in [2.75, 3.05) is 32.8 Å². The first-order chi connectivity index (χ1) is 21.9. The molecule has 2 saturated heterocycles. The second kappa shape index (κ2) is 15.2. The van der Waals surface area contributed by atoms with Gasteiger partial charge < -0.3 is 29.7 Å². The molecule has 0 saturated carbocycles. The number of allylic oxidation sites excluding steroid dienone is 1. The van der Waals surface area contributed by atoms with Crippen molar-refractivity contribution in [3.05, 3.63) is 60.2 Å². The average Bonchev–Trinajstić information content (AvgIpc) is 3.69. The first-order valence-electron chi connectivity index (χ1n) is 16.6. The minimum atomic E-state index is -1.23. The fourth-order valence-electron chi connectivity index (χ4n) is 7.20. The summed E-state index contributed by atoms with van der Waals surface area (Å²) in [6.07, 6.45) is 13.3. The summed E-state index contributed by atoms with van der Waals surface area (Å²) >= 11 is 0. The Morgan fingerprint density at radius 2 is 1.73 bits per heavy atom. The highest BCUT2D eigenvalue weighted by molar-refractivity contribution is 6.00. The van der Waals surface area contributed by atoms with Crippen molar-refractivity contribution in [1.29, 1.82) is 0 Å². The number of benzene rings is 1. The lowest BCUT2D eigenvalue weighted by Crippen LogP contribution is -2.56. The molecule has 10 heteroatoms. The molecule has 10 nitrogen and oxygen atoms in total. The molecular formula is C35H47N3O7. The largest absolute Gasteiger partial charge is 0.463 e. The van der Waals surface area contributed by atoms with Crippen LogP contribution in [-0.2, 0) is 28.7 Å². The molecule has 4 aliphatic rings. The average molecular weight is 622 g/mol. The zero-order valence-corrected chi connectivity index (χ0v) is 26.3. The number of unbranched alkanes of at least 4 members (excludes halogenated alkanes) is 5. The Bertz CT molecular complexity index is 1270. The van der Waals surface area contributed by atoms with E-state index in [0.29, 0.717) is 38.9 Å². The molecule has 0 unspecified atom stereocenters. The Kier molecular flexibility index (Phi) is 11.1. The van der Waals surface area contributed by atoms with Gasteiger partial charge in [-0.3, -0.25) is 19.2 Å². The van der Waals surface area contributed by atoms with Crippen LogP contribution in [0.5, 0.6) is 0 Å². The molecule has 244 valence electrons. The Balaban J connectivity index is 1.50. The molecule has 5 bridgehead atoms. The van der Waals surface area contributed by atoms with Crippen LogP contribution in [0.2, 0.25) is 0 Å². The van der Waals surface area contributed by atoms with Gasteiger partial charge >= 0.3 is 5.97 Å². The second-order valence-electron chi connectivity index (χ2n) is 12.5. The highest BCUT2D eigenvalue weighted by Crippen LogP contribution is 2.55. The van der Waals surface area contributed by atoms with E-state index < -0.39 is 35.6 Å². The van der Waals surface area contributed by atoms with Gasteiger partial charge in [0.2, 0.25) is 17.7 Å². The number of nitrogens with zero attached hydrogens (tertiary/aromatic N) is 2. The van der Waals surface area contributed by atoms with Gasteiger partial charge in [0, 0.05) is 32.7 Å². The number of fused-ring (bicyclic) bond motifs is 2. The topological polar surface area (TPSA) is 125 Å². The van der Waals surface area contributed by atoms with Crippen molar-refractivity contribution in [3.63, 3.8) is 0 Å². The molecule has 1 spiro atoms. The SMILES string of the molecule is CCCCCN1C/C=C\CCC(=O)OC[C@H](c2ccccc2)NC(=O)[C@@H]2[C@H]3C(=O)N(CCCCCCO)[C@H](C1=O)[C@]31C=C[C@H]2O1. The van der Waals surface area contributed by atoms with Gasteiger partial charge in [0.1, 0.15) is 18.2 Å². The summed E-state index contributed by atoms with van der Waals surface area (Å²) in [6.45, 7) is 3.44. The molecule has 6 atom stereocenters. The standard InChI is InChI=1S/C35H47N3O7/c1-2-3-11-20-37-21-12-7-10-17-28(40)44-24-26(25-15-8-6-9-16-25)36-32(41)29-27-18-19-35(45-27)30(29)33(42)38(31(35)34(37)43)22-13-4-5-14-23-39/h6-9,12,15-16,18-19,26-27,29-31,39H,2-5,10-11,13-14,17,20-24H2,1H3,(H,36,41)/b12-7-/t26-,27-,29+,30+,31-,35+/m1/s1. The molecule has 0 aromatic heterocycles. The number of hydrogen-bond acceptors (Lipinski definition) is 7. The zero-order chi connectivity index (χ0) is 31.8. The molecule has 2 N–H and O–H groups in total. The molecule has 4 heterocycles. The minimum Gasteiger partial charge on any atom is -0.463 e.